The van der Waals surface area contributed by atoms with Crippen LogP contribution < -0.4 is 70.2 Å². The second-order valence-corrected chi connectivity index (χ2v) is 33.1. The van der Waals surface area contributed by atoms with Crippen LogP contribution in [0.4, 0.5) is 4.79 Å². The Morgan fingerprint density at radius 2 is 1.33 bits per heavy atom. The summed E-state index contributed by atoms with van der Waals surface area (Å²) < 4.78 is 6.02. The number of benzene rings is 2. The van der Waals surface area contributed by atoms with Crippen molar-refractivity contribution >= 4 is 93.5 Å². The summed E-state index contributed by atoms with van der Waals surface area (Å²) in [6, 6.07) is -0.755. The van der Waals surface area contributed by atoms with Gasteiger partial charge in [-0.15, -0.1) is 0 Å². The molecule has 626 valence electrons. The number of fused-ring (bicyclic) bond motifs is 6. The number of hydrogen-bond donors (Lipinski definition) is 19. The molecule has 0 radical (unpaired) electrons. The third-order valence-electron chi connectivity index (χ3n) is 23.6. The molecule has 6 aliphatic rings. The first kappa shape index (κ1) is 88.1. The number of ether oxygens (including phenoxy) is 1. The first-order chi connectivity index (χ1) is 54.4. The lowest BCUT2D eigenvalue weighted by Gasteiger charge is -2.58. The zero-order chi connectivity index (χ0) is 83.9. The molecule has 35 heteroatoms. The fraction of sp³-hybridized carbons (Fsp3) is 0.588. The van der Waals surface area contributed by atoms with Crippen LogP contribution in [0, 0.1) is 39.9 Å². The molecule has 21 N–H and O–H groups in total. The third-order valence-corrected chi connectivity index (χ3v) is 23.6. The highest BCUT2D eigenvalue weighted by Crippen LogP contribution is 2.67. The number of para-hydroxylation sites is 1. The topological polar surface area (TPSA) is 548 Å². The van der Waals surface area contributed by atoms with Gasteiger partial charge in [-0.05, 0) is 176 Å². The fourth-order valence-corrected chi connectivity index (χ4v) is 17.4. The summed E-state index contributed by atoms with van der Waals surface area (Å²) in [6.45, 7) is 13.4. The maximum Gasteiger partial charge on any atom is 0.330 e. The molecule has 115 heavy (non-hydrogen) atoms. The van der Waals surface area contributed by atoms with E-state index in [4.69, 9.17) is 21.6 Å². The Morgan fingerprint density at radius 3 is 1.97 bits per heavy atom. The van der Waals surface area contributed by atoms with Gasteiger partial charge in [0.2, 0.25) is 53.2 Å². The number of hydrogen-bond acceptors (Lipinski definition) is 19. The number of urea groups is 1. The molecule has 2 aromatic carbocycles. The van der Waals surface area contributed by atoms with Gasteiger partial charge in [0.25, 0.3) is 5.91 Å². The standard InChI is InChI=1S/C59H84N18O14.C21H30O3/c1-31(2)22-40(49(82)68-39(12-8-20-64-57(60)61)56(89)77-21-9-13-46(77)55(88)75-76-58(62)90)69-54(87)45(29-91-59(3,4)5)74-50(83)41(23-32-14-16-35(79)17-15-32)70-53(86)44(28-78)73-51(84)42(24-33-26-65-37-11-7-6-10-36(33)37)71-52(85)43(25-34-27-63-30-66-34)72-48(81)38-18-19-47(80)67-38;1-13(22)21(24)11-8-18-16-5-4-14-12-15(23)6-9-19(14,2)17(16)7-10-20(18,21)3/h6-7,10-11,14-17,26-27,30-31,38-46,65,78-79H,8-9,12-13,18-25,28-29H2,1-5H3,(H,63,66)(H,67,80)(H,68,82)(H,69,87)(H,70,86)(H,71,85)(H,72,81)(H,73,84)(H,74,83)(H,75,88)(H4,60,61,64)(H3,62,76,90);12,16-18,24H,4-11H2,1-3H3/t38-,39-,40-,41-,42-,43-,44-,45+,46-;16-,17+,18+,19+,20+,21+/m01/s1. The van der Waals surface area contributed by atoms with Gasteiger partial charge in [0.15, 0.2) is 17.5 Å². The minimum Gasteiger partial charge on any atom is -0.508 e. The number of nitrogens with two attached hydrogens (primary N) is 2. The van der Waals surface area contributed by atoms with Crippen molar-refractivity contribution in [3.8, 4) is 5.75 Å². The summed E-state index contributed by atoms with van der Waals surface area (Å²) in [5, 5.41) is 64.1. The van der Waals surface area contributed by atoms with Crippen LogP contribution in [0.5, 0.6) is 5.75 Å². The highest BCUT2D eigenvalue weighted by molar-refractivity contribution is 6.00. The first-order valence-corrected chi connectivity index (χ1v) is 39.6. The normalized spacial score (nSPS) is 24.0. The Labute approximate surface area is 667 Å². The van der Waals surface area contributed by atoms with Crippen molar-refractivity contribution in [3.63, 3.8) is 0 Å². The number of carbonyl (C=O) groups excluding carboxylic acids is 13. The van der Waals surface area contributed by atoms with E-state index in [0.717, 1.165) is 38.5 Å². The number of Topliss-reactive ketones (excluding diaryl/α,β-unsaturated/α-hetero) is 1. The minimum atomic E-state index is -1.80. The summed E-state index contributed by atoms with van der Waals surface area (Å²) in [6.07, 6.45) is 14.3. The highest BCUT2D eigenvalue weighted by atomic mass is 16.5. The maximum atomic E-state index is 14.8. The molecule has 15 atom stereocenters. The van der Waals surface area contributed by atoms with E-state index in [1.807, 2.05) is 11.5 Å². The number of aromatic hydroxyl groups is 1. The Kier molecular flexibility index (Phi) is 29.5. The largest absolute Gasteiger partial charge is 0.508 e. The van der Waals surface area contributed by atoms with E-state index in [9.17, 15) is 77.6 Å². The lowest BCUT2D eigenvalue weighted by molar-refractivity contribution is -0.160. The van der Waals surface area contributed by atoms with Crippen LogP contribution in [-0.4, -0.2) is 210 Å². The molecule has 2 saturated heterocycles. The highest BCUT2D eigenvalue weighted by Gasteiger charge is 2.65. The molecule has 4 aliphatic carbocycles. The van der Waals surface area contributed by atoms with Crippen molar-refractivity contribution in [1.29, 1.82) is 5.41 Å². The fourth-order valence-electron chi connectivity index (χ4n) is 17.4. The monoisotopic (exact) mass is 1600 g/mol. The molecule has 5 fully saturated rings. The molecule has 10 rings (SSSR count). The van der Waals surface area contributed by atoms with E-state index in [0.29, 0.717) is 70.5 Å². The van der Waals surface area contributed by atoms with E-state index in [1.54, 1.807) is 72.0 Å². The number of hydrazine groups is 1. The number of phenolic OH excluding ortho intramolecular Hbond substituents is 1. The number of aliphatic hydroxyl groups is 2. The van der Waals surface area contributed by atoms with Crippen LogP contribution >= 0.6 is 0 Å². The van der Waals surface area contributed by atoms with Gasteiger partial charge in [0.1, 0.15) is 65.7 Å². The number of guanidine groups is 1. The van der Waals surface area contributed by atoms with Crippen molar-refractivity contribution in [2.24, 2.45) is 46.0 Å². The van der Waals surface area contributed by atoms with E-state index < -0.39 is 138 Å². The molecular formula is C80H114N18O17. The van der Waals surface area contributed by atoms with Gasteiger partial charge in [0.05, 0.1) is 30.8 Å². The number of aromatic nitrogens is 3. The second-order valence-electron chi connectivity index (χ2n) is 33.1. The summed E-state index contributed by atoms with van der Waals surface area (Å²) in [7, 11) is 0. The predicted octanol–water partition coefficient (Wildman–Crippen LogP) is 0.942. The Bertz CT molecular complexity index is 4260. The van der Waals surface area contributed by atoms with Gasteiger partial charge in [-0.2, -0.15) is 0 Å². The maximum absolute atomic E-state index is 14.8. The van der Waals surface area contributed by atoms with Crippen LogP contribution in [0.15, 0.2) is 78.9 Å². The number of rotatable bonds is 32. The number of aromatic amines is 2. The molecule has 0 unspecified atom stereocenters. The van der Waals surface area contributed by atoms with E-state index in [-0.39, 0.29) is 111 Å². The number of imidazole rings is 1. The van der Waals surface area contributed by atoms with Crippen molar-refractivity contribution in [1.82, 2.24) is 78.6 Å². The SMILES string of the molecule is CC(=O)[C@@]1(O)CC[C@H]2[C@@H]3CCC4=CC(=O)CC[C@]4(C)[C@H]3CC[C@@]21C.CC(C)C[C@H](NC(=O)[C@@H](COC(C)(C)C)NC(=O)[C@H](Cc1ccc(O)cc1)NC(=O)[C@H](CO)NC(=O)[C@H](Cc1c[nH]c2ccccc12)NC(=O)[C@H](Cc1c[nH]cn1)NC(=O)[C@@H]1CCC(=O)N1)C(=O)N[C@@H](CCCNC(=N)N)C(=O)N1CCC[C@H]1C(=O)NNC(N)=O. The number of phenols is 1. The summed E-state index contributed by atoms with van der Waals surface area (Å²) in [5.74, 6) is -6.84. The number of carbonyl (C=O) groups is 13. The van der Waals surface area contributed by atoms with Gasteiger partial charge in [-0.1, -0.05) is 63.6 Å². The summed E-state index contributed by atoms with van der Waals surface area (Å²) >= 11 is 0. The number of nitrogens with zero attached hydrogens (tertiary/aromatic N) is 2. The Hall–Kier alpha value is -10.8. The van der Waals surface area contributed by atoms with Crippen LogP contribution in [0.25, 0.3) is 10.9 Å². The zero-order valence-electron chi connectivity index (χ0n) is 66.6. The number of aliphatic hydroxyl groups excluding tert-OH is 1. The lowest BCUT2D eigenvalue weighted by Crippen LogP contribution is -2.62. The number of nitrogens with one attached hydrogen (secondary N) is 14. The number of primary amides is 1. The molecule has 2 aromatic heterocycles. The van der Waals surface area contributed by atoms with Crippen molar-refractivity contribution in [2.45, 2.75) is 237 Å². The summed E-state index contributed by atoms with van der Waals surface area (Å²) in [4.78, 5) is 187. The molecule has 35 nitrogen and oxygen atoms in total. The van der Waals surface area contributed by atoms with Gasteiger partial charge in [0, 0.05) is 73.9 Å². The predicted molar refractivity (Wildman–Crippen MR) is 420 cm³/mol. The van der Waals surface area contributed by atoms with Crippen molar-refractivity contribution in [3.05, 3.63) is 95.7 Å². The number of amides is 12. The Balaban J connectivity index is 0.000000528. The molecule has 3 saturated carbocycles. The average molecular weight is 1600 g/mol. The van der Waals surface area contributed by atoms with Crippen LogP contribution in [0.3, 0.4) is 0 Å². The molecule has 4 heterocycles. The Morgan fingerprint density at radius 1 is 0.704 bits per heavy atom. The number of H-pyrrole nitrogens is 2. The van der Waals surface area contributed by atoms with Crippen LogP contribution in [-0.2, 0) is 81.5 Å². The van der Waals surface area contributed by atoms with Gasteiger partial charge in [-0.25, -0.2) is 15.2 Å². The van der Waals surface area contributed by atoms with Gasteiger partial charge in [-0.3, -0.25) is 68.4 Å². The van der Waals surface area contributed by atoms with E-state index in [1.165, 1.54) is 47.3 Å². The lowest BCUT2D eigenvalue weighted by atomic mass is 9.46. The first-order valence-electron chi connectivity index (χ1n) is 39.6. The van der Waals surface area contributed by atoms with Crippen LogP contribution in [0.1, 0.15) is 169 Å². The van der Waals surface area contributed by atoms with Gasteiger partial charge < -0.3 is 94.2 Å². The minimum absolute atomic E-state index is 0.00232. The van der Waals surface area contributed by atoms with E-state index >= 15 is 0 Å². The van der Waals surface area contributed by atoms with Gasteiger partial charge >= 0.3 is 6.03 Å². The number of allylic oxidation sites excluding steroid dienone is 1. The molecule has 4 aromatic rings. The second kappa shape index (κ2) is 38.6. The molecule has 12 amide bonds. The average Bonchev–Trinajstić information content (AvgIpc) is 1.73. The van der Waals surface area contributed by atoms with Crippen molar-refractivity contribution in [2.75, 3.05) is 26.3 Å². The zero-order valence-corrected chi connectivity index (χ0v) is 66.6. The quantitative estimate of drug-likeness (QED) is 0.0140. The molecule has 2 aliphatic heterocycles. The number of likely N-dealkylation sites (tertiary alicyclic amines) is 1. The van der Waals surface area contributed by atoms with Crippen LogP contribution in [0.2, 0.25) is 0 Å². The summed E-state index contributed by atoms with van der Waals surface area (Å²) in [5.41, 5.74) is 16.0. The number of ketones is 2. The van der Waals surface area contributed by atoms with Crippen molar-refractivity contribution < 1.29 is 82.4 Å². The van der Waals surface area contributed by atoms with E-state index in [2.05, 4.69) is 82.1 Å². The molecule has 0 bridgehead atoms. The third kappa shape index (κ3) is 22.4. The molecule has 0 spiro atoms. The smallest absolute Gasteiger partial charge is 0.330 e. The molecular weight excluding hydrogens is 1480 g/mol.